The van der Waals surface area contributed by atoms with E-state index >= 15 is 0 Å². The van der Waals surface area contributed by atoms with Crippen molar-refractivity contribution in [3.63, 3.8) is 0 Å². The van der Waals surface area contributed by atoms with Crippen LogP contribution in [-0.4, -0.2) is 39.3 Å². The van der Waals surface area contributed by atoms with Crippen LogP contribution in [0.5, 0.6) is 0 Å². The molecule has 1 aromatic rings. The number of hydrogen-bond donors (Lipinski definition) is 3. The van der Waals surface area contributed by atoms with Crippen molar-refractivity contribution in [1.29, 1.82) is 0 Å². The summed E-state index contributed by atoms with van der Waals surface area (Å²) in [4.78, 5) is 27.5. The Kier molecular flexibility index (Phi) is 4.12. The second kappa shape index (κ2) is 6.33. The molecule has 4 rings (SSSR count). The Morgan fingerprint density at radius 2 is 2.08 bits per heavy atom. The molecule has 1 atom stereocenters. The molecule has 0 aromatic heterocycles. The summed E-state index contributed by atoms with van der Waals surface area (Å²) in [5.41, 5.74) is 5.77. The highest BCUT2D eigenvalue weighted by molar-refractivity contribution is 9.10. The Balaban J connectivity index is 1.87. The number of fused-ring (bicyclic) bond motifs is 3. The highest BCUT2D eigenvalue weighted by atomic mass is 79.9. The minimum absolute atomic E-state index is 0.123. The number of aliphatic hydroxyl groups is 1. The third kappa shape index (κ3) is 2.73. The van der Waals surface area contributed by atoms with Crippen LogP contribution in [0.25, 0.3) is 5.70 Å². The summed E-state index contributed by atoms with van der Waals surface area (Å²) in [7, 11) is 0. The van der Waals surface area contributed by atoms with Crippen molar-refractivity contribution in [2.24, 2.45) is 4.99 Å². The maximum absolute atomic E-state index is 11.8. The number of nitrogens with zero attached hydrogens (tertiary/aromatic N) is 2. The molecule has 0 saturated heterocycles. The first kappa shape index (κ1) is 16.9. The average Bonchev–Trinajstić information content (AvgIpc) is 2.63. The lowest BCUT2D eigenvalue weighted by atomic mass is 9.98. The lowest BCUT2D eigenvalue weighted by Gasteiger charge is -2.43. The van der Waals surface area contributed by atoms with Crippen molar-refractivity contribution >= 4 is 55.8 Å². The van der Waals surface area contributed by atoms with Gasteiger partial charge in [-0.15, -0.1) is 0 Å². The smallest absolute Gasteiger partial charge is 0.240 e. The van der Waals surface area contributed by atoms with Gasteiger partial charge in [0.1, 0.15) is 11.9 Å². The van der Waals surface area contributed by atoms with Crippen LogP contribution < -0.4 is 10.7 Å². The zero-order valence-electron chi connectivity index (χ0n) is 13.5. The molecule has 1 aromatic carbocycles. The van der Waals surface area contributed by atoms with Gasteiger partial charge in [-0.1, -0.05) is 33.8 Å². The van der Waals surface area contributed by atoms with Gasteiger partial charge in [0.15, 0.2) is 5.17 Å². The second-order valence-corrected chi connectivity index (χ2v) is 7.43. The Hall–Kier alpha value is -2.52. The summed E-state index contributed by atoms with van der Waals surface area (Å²) in [5.74, 6) is -1.25. The molecule has 2 aliphatic heterocycles. The maximum Gasteiger partial charge on any atom is 0.240 e. The van der Waals surface area contributed by atoms with Gasteiger partial charge < -0.3 is 10.4 Å². The van der Waals surface area contributed by atoms with Crippen molar-refractivity contribution in [1.82, 2.24) is 10.4 Å². The summed E-state index contributed by atoms with van der Waals surface area (Å²) in [5, 5.41) is 16.1. The number of hydrazine groups is 1. The topological polar surface area (TPSA) is 94.0 Å². The van der Waals surface area contributed by atoms with Crippen molar-refractivity contribution in [2.75, 3.05) is 11.6 Å². The molecule has 1 aliphatic carbocycles. The third-order valence-electron chi connectivity index (χ3n) is 4.14. The van der Waals surface area contributed by atoms with E-state index in [4.69, 9.17) is 0 Å². The molecule has 2 heterocycles. The lowest BCUT2D eigenvalue weighted by Crippen LogP contribution is -2.54. The van der Waals surface area contributed by atoms with E-state index in [2.05, 4.69) is 31.7 Å². The van der Waals surface area contributed by atoms with Crippen LogP contribution in [0, 0.1) is 0 Å². The number of aliphatic hydroxyl groups excluding tert-OH is 1. The van der Waals surface area contributed by atoms with E-state index in [1.54, 1.807) is 11.1 Å². The number of thioether (sulfide) groups is 1. The summed E-state index contributed by atoms with van der Waals surface area (Å²) < 4.78 is 0.856. The van der Waals surface area contributed by atoms with Crippen LogP contribution in [0.3, 0.4) is 0 Å². The SMILES string of the molecule is CSC1=NC(O)=C2c3cc(Br)ccc3N[C@H](C3=CC(=O)C(=O)C=C3)N2N1. The van der Waals surface area contributed by atoms with Crippen LogP contribution in [0.4, 0.5) is 5.69 Å². The van der Waals surface area contributed by atoms with Gasteiger partial charge in [-0.25, -0.2) is 0 Å². The summed E-state index contributed by atoms with van der Waals surface area (Å²) in [6, 6.07) is 5.62. The van der Waals surface area contributed by atoms with Crippen LogP contribution in [0.1, 0.15) is 5.56 Å². The zero-order chi connectivity index (χ0) is 18.4. The van der Waals surface area contributed by atoms with Crippen LogP contribution >= 0.6 is 27.7 Å². The third-order valence-corrected chi connectivity index (χ3v) is 5.20. The normalized spacial score (nSPS) is 21.5. The fourth-order valence-electron chi connectivity index (χ4n) is 2.95. The summed E-state index contributed by atoms with van der Waals surface area (Å²) in [6.07, 6.45) is 5.50. The molecule has 132 valence electrons. The molecule has 9 heteroatoms. The standard InChI is InChI=1S/C17H13BrN4O3S/c1-26-17-20-16(25)14-10-7-9(18)3-4-11(10)19-15(22(14)21-17)8-2-5-12(23)13(24)6-8/h2-7,15,19,25H,1H3,(H,20,21)/t15-/m0/s1. The fraction of sp³-hybridized carbons (Fsp3) is 0.118. The maximum atomic E-state index is 11.8. The van der Waals surface area contributed by atoms with Gasteiger partial charge in [0.05, 0.1) is 0 Å². The van der Waals surface area contributed by atoms with Crippen molar-refractivity contribution in [3.05, 3.63) is 57.9 Å². The Morgan fingerprint density at radius 1 is 1.27 bits per heavy atom. The fourth-order valence-corrected chi connectivity index (χ4v) is 3.68. The molecular weight excluding hydrogens is 420 g/mol. The van der Waals surface area contributed by atoms with Crippen molar-refractivity contribution in [2.45, 2.75) is 6.17 Å². The van der Waals surface area contributed by atoms with E-state index in [1.807, 2.05) is 24.5 Å². The van der Waals surface area contributed by atoms with Crippen molar-refractivity contribution in [3.8, 4) is 0 Å². The van der Waals surface area contributed by atoms with E-state index in [0.717, 1.165) is 15.7 Å². The monoisotopic (exact) mass is 432 g/mol. The molecular formula is C17H13BrN4O3S. The van der Waals surface area contributed by atoms with Crippen LogP contribution in [0.2, 0.25) is 0 Å². The molecule has 26 heavy (non-hydrogen) atoms. The minimum Gasteiger partial charge on any atom is -0.492 e. The average molecular weight is 433 g/mol. The van der Waals surface area contributed by atoms with Gasteiger partial charge in [0.25, 0.3) is 0 Å². The molecule has 0 unspecified atom stereocenters. The number of aliphatic imine (C=N–C) groups is 1. The number of rotatable bonds is 1. The molecule has 0 radical (unpaired) electrons. The predicted molar refractivity (Wildman–Crippen MR) is 104 cm³/mol. The van der Waals surface area contributed by atoms with E-state index in [1.165, 1.54) is 23.9 Å². The van der Waals surface area contributed by atoms with E-state index in [0.29, 0.717) is 16.4 Å². The Labute approximate surface area is 161 Å². The van der Waals surface area contributed by atoms with Gasteiger partial charge in [0.2, 0.25) is 17.4 Å². The first-order valence-corrected chi connectivity index (χ1v) is 9.66. The van der Waals surface area contributed by atoms with Crippen molar-refractivity contribution < 1.29 is 14.7 Å². The molecule has 0 fully saturated rings. The van der Waals surface area contributed by atoms with Gasteiger partial charge in [-0.3, -0.25) is 20.0 Å². The second-order valence-electron chi connectivity index (χ2n) is 5.72. The van der Waals surface area contributed by atoms with Gasteiger partial charge in [-0.05, 0) is 36.6 Å². The zero-order valence-corrected chi connectivity index (χ0v) is 15.9. The number of ketones is 2. The number of carbonyl (C=O) groups excluding carboxylic acids is 2. The molecule has 3 aliphatic rings. The number of amidine groups is 1. The highest BCUT2D eigenvalue weighted by Crippen LogP contribution is 2.40. The number of carbonyl (C=O) groups is 2. The Bertz CT molecular complexity index is 967. The lowest BCUT2D eigenvalue weighted by molar-refractivity contribution is -0.131. The number of hydrogen-bond acceptors (Lipinski definition) is 8. The van der Waals surface area contributed by atoms with Gasteiger partial charge >= 0.3 is 0 Å². The summed E-state index contributed by atoms with van der Waals surface area (Å²) >= 11 is 4.79. The van der Waals surface area contributed by atoms with Gasteiger partial charge in [-0.2, -0.15) is 4.99 Å². The molecule has 0 bridgehead atoms. The molecule has 0 spiro atoms. The molecule has 0 saturated carbocycles. The predicted octanol–water partition coefficient (Wildman–Crippen LogP) is 2.56. The van der Waals surface area contributed by atoms with Gasteiger partial charge in [0, 0.05) is 21.3 Å². The first-order chi connectivity index (χ1) is 12.5. The Morgan fingerprint density at radius 3 is 2.81 bits per heavy atom. The van der Waals surface area contributed by atoms with Crippen LogP contribution in [0.15, 0.2) is 57.3 Å². The number of nitrogens with one attached hydrogen (secondary N) is 2. The number of halogens is 1. The molecule has 0 amide bonds. The molecule has 3 N–H and O–H groups in total. The quantitative estimate of drug-likeness (QED) is 0.463. The van der Waals surface area contributed by atoms with E-state index in [-0.39, 0.29) is 5.88 Å². The molecule has 7 nitrogen and oxygen atoms in total. The minimum atomic E-state index is -0.573. The van der Waals surface area contributed by atoms with Crippen LogP contribution in [-0.2, 0) is 9.59 Å². The number of anilines is 1. The summed E-state index contributed by atoms with van der Waals surface area (Å²) in [6.45, 7) is 0. The highest BCUT2D eigenvalue weighted by Gasteiger charge is 2.37. The van der Waals surface area contributed by atoms with E-state index in [9.17, 15) is 14.7 Å². The first-order valence-electron chi connectivity index (χ1n) is 7.64. The number of benzene rings is 1. The van der Waals surface area contributed by atoms with E-state index < -0.39 is 17.7 Å². The largest absolute Gasteiger partial charge is 0.492 e. The number of allylic oxidation sites excluding steroid dienone is 2.